The maximum absolute atomic E-state index is 12.4. The van der Waals surface area contributed by atoms with Gasteiger partial charge in [0.2, 0.25) is 5.91 Å². The number of halogens is 1. The lowest BCUT2D eigenvalue weighted by atomic mass is 10.1. The van der Waals surface area contributed by atoms with Crippen LogP contribution in [0.3, 0.4) is 0 Å². The van der Waals surface area contributed by atoms with Crippen LogP contribution in [0, 0.1) is 6.92 Å². The number of carbonyl (C=O) groups is 3. The lowest BCUT2D eigenvalue weighted by Gasteiger charge is -2.07. The van der Waals surface area contributed by atoms with Crippen LogP contribution < -0.4 is 5.32 Å². The maximum atomic E-state index is 12.4. The molecule has 6 nitrogen and oxygen atoms in total. The van der Waals surface area contributed by atoms with E-state index in [1.54, 1.807) is 32.9 Å². The average Bonchev–Trinajstić information content (AvgIpc) is 2.96. The number of benzene rings is 1. The van der Waals surface area contributed by atoms with Crippen molar-refractivity contribution in [2.24, 2.45) is 0 Å². The number of ether oxygens (including phenoxy) is 2. The molecular formula is C20H22ClNO5S. The van der Waals surface area contributed by atoms with Crippen molar-refractivity contribution in [2.75, 3.05) is 18.5 Å². The fourth-order valence-electron chi connectivity index (χ4n) is 2.58. The SMILES string of the molecule is CCOC(=O)c1sc(NC(=O)CCc2cccc(Cl)c2)c(C(=O)OCC)c1C. The third kappa shape index (κ3) is 5.56. The van der Waals surface area contributed by atoms with Gasteiger partial charge in [-0.15, -0.1) is 11.3 Å². The van der Waals surface area contributed by atoms with Crippen LogP contribution in [0.25, 0.3) is 0 Å². The molecule has 1 N–H and O–H groups in total. The minimum absolute atomic E-state index is 0.186. The average molecular weight is 424 g/mol. The lowest BCUT2D eigenvalue weighted by Crippen LogP contribution is -2.15. The molecule has 0 atom stereocenters. The quantitative estimate of drug-likeness (QED) is 0.625. The van der Waals surface area contributed by atoms with Gasteiger partial charge in [-0.25, -0.2) is 9.59 Å². The molecule has 2 aromatic rings. The fraction of sp³-hybridized carbons (Fsp3) is 0.350. The number of nitrogens with one attached hydrogen (secondary N) is 1. The minimum Gasteiger partial charge on any atom is -0.462 e. The zero-order valence-corrected chi connectivity index (χ0v) is 17.5. The number of aryl methyl sites for hydroxylation is 1. The van der Waals surface area contributed by atoms with E-state index in [2.05, 4.69) is 5.32 Å². The lowest BCUT2D eigenvalue weighted by molar-refractivity contribution is -0.116. The molecule has 28 heavy (non-hydrogen) atoms. The van der Waals surface area contributed by atoms with Crippen LogP contribution in [-0.2, 0) is 20.7 Å². The van der Waals surface area contributed by atoms with E-state index in [0.29, 0.717) is 17.0 Å². The second kappa shape index (κ2) is 10.2. The van der Waals surface area contributed by atoms with Crippen molar-refractivity contribution < 1.29 is 23.9 Å². The molecule has 0 radical (unpaired) electrons. The van der Waals surface area contributed by atoms with Gasteiger partial charge in [0.15, 0.2) is 0 Å². The molecule has 0 aliphatic heterocycles. The van der Waals surface area contributed by atoms with Gasteiger partial charge in [-0.1, -0.05) is 23.7 Å². The number of amides is 1. The molecule has 0 saturated carbocycles. The van der Waals surface area contributed by atoms with Gasteiger partial charge in [-0.3, -0.25) is 4.79 Å². The van der Waals surface area contributed by atoms with Crippen LogP contribution in [0.15, 0.2) is 24.3 Å². The first-order valence-electron chi connectivity index (χ1n) is 8.89. The molecule has 1 amide bonds. The van der Waals surface area contributed by atoms with Gasteiger partial charge in [-0.2, -0.15) is 0 Å². The zero-order chi connectivity index (χ0) is 20.7. The Bertz CT molecular complexity index is 877. The Labute approximate surface area is 172 Å². The zero-order valence-electron chi connectivity index (χ0n) is 16.0. The maximum Gasteiger partial charge on any atom is 0.348 e. The van der Waals surface area contributed by atoms with Gasteiger partial charge in [0.05, 0.1) is 18.8 Å². The first-order valence-corrected chi connectivity index (χ1v) is 10.1. The normalized spacial score (nSPS) is 10.4. The highest BCUT2D eigenvalue weighted by atomic mass is 35.5. The Morgan fingerprint density at radius 2 is 1.79 bits per heavy atom. The summed E-state index contributed by atoms with van der Waals surface area (Å²) in [6, 6.07) is 7.27. The van der Waals surface area contributed by atoms with E-state index < -0.39 is 11.9 Å². The van der Waals surface area contributed by atoms with Gasteiger partial charge >= 0.3 is 11.9 Å². The van der Waals surface area contributed by atoms with Crippen molar-refractivity contribution in [1.82, 2.24) is 0 Å². The number of hydrogen-bond donors (Lipinski definition) is 1. The number of anilines is 1. The van der Waals surface area contributed by atoms with Crippen LogP contribution in [0.4, 0.5) is 5.00 Å². The highest BCUT2D eigenvalue weighted by molar-refractivity contribution is 7.18. The molecule has 1 aromatic heterocycles. The van der Waals surface area contributed by atoms with Gasteiger partial charge in [0, 0.05) is 11.4 Å². The third-order valence-electron chi connectivity index (χ3n) is 3.87. The van der Waals surface area contributed by atoms with Crippen molar-refractivity contribution in [1.29, 1.82) is 0 Å². The summed E-state index contributed by atoms with van der Waals surface area (Å²) in [6.07, 6.45) is 0.699. The fourth-order valence-corrected chi connectivity index (χ4v) is 3.90. The van der Waals surface area contributed by atoms with E-state index in [0.717, 1.165) is 16.9 Å². The molecule has 1 aromatic carbocycles. The van der Waals surface area contributed by atoms with E-state index in [-0.39, 0.29) is 41.0 Å². The Hall–Kier alpha value is -2.38. The molecular weight excluding hydrogens is 402 g/mol. The smallest absolute Gasteiger partial charge is 0.348 e. The minimum atomic E-state index is -0.586. The number of carbonyl (C=O) groups excluding carboxylic acids is 3. The number of rotatable bonds is 8. The predicted octanol–water partition coefficient (Wildman–Crippen LogP) is 4.63. The number of thiophene rings is 1. The summed E-state index contributed by atoms with van der Waals surface area (Å²) >= 11 is 6.97. The molecule has 0 aliphatic rings. The van der Waals surface area contributed by atoms with Crippen LogP contribution in [0.1, 0.15) is 51.4 Å². The summed E-state index contributed by atoms with van der Waals surface area (Å²) in [5.41, 5.74) is 1.56. The van der Waals surface area contributed by atoms with Crippen molar-refractivity contribution in [3.8, 4) is 0 Å². The molecule has 150 valence electrons. The van der Waals surface area contributed by atoms with Crippen LogP contribution >= 0.6 is 22.9 Å². The van der Waals surface area contributed by atoms with E-state index in [1.807, 2.05) is 12.1 Å². The largest absolute Gasteiger partial charge is 0.462 e. The van der Waals surface area contributed by atoms with Crippen molar-refractivity contribution in [3.63, 3.8) is 0 Å². The number of esters is 2. The Morgan fingerprint density at radius 1 is 1.11 bits per heavy atom. The van der Waals surface area contributed by atoms with Gasteiger partial charge in [-0.05, 0) is 50.5 Å². The molecule has 0 spiro atoms. The Balaban J connectivity index is 2.19. The molecule has 0 aliphatic carbocycles. The van der Waals surface area contributed by atoms with E-state index in [1.165, 1.54) is 0 Å². The second-order valence-corrected chi connectivity index (χ2v) is 7.34. The predicted molar refractivity (Wildman–Crippen MR) is 109 cm³/mol. The summed E-state index contributed by atoms with van der Waals surface area (Å²) in [4.78, 5) is 37.2. The topological polar surface area (TPSA) is 81.7 Å². The molecule has 0 unspecified atom stereocenters. The Morgan fingerprint density at radius 3 is 2.43 bits per heavy atom. The van der Waals surface area contributed by atoms with Gasteiger partial charge in [0.1, 0.15) is 9.88 Å². The van der Waals surface area contributed by atoms with Crippen molar-refractivity contribution in [2.45, 2.75) is 33.6 Å². The summed E-state index contributed by atoms with van der Waals surface area (Å²) in [5.74, 6) is -1.39. The van der Waals surface area contributed by atoms with Crippen molar-refractivity contribution >= 4 is 45.8 Å². The number of hydrogen-bond acceptors (Lipinski definition) is 6. The van der Waals surface area contributed by atoms with Crippen LogP contribution in [0.5, 0.6) is 0 Å². The first-order chi connectivity index (χ1) is 13.4. The molecule has 2 rings (SSSR count). The van der Waals surface area contributed by atoms with E-state index in [9.17, 15) is 14.4 Å². The molecule has 8 heteroatoms. The molecule has 0 fully saturated rings. The highest BCUT2D eigenvalue weighted by Gasteiger charge is 2.27. The first kappa shape index (κ1) is 21.9. The van der Waals surface area contributed by atoms with Gasteiger partial charge in [0.25, 0.3) is 0 Å². The second-order valence-electron chi connectivity index (χ2n) is 5.88. The third-order valence-corrected chi connectivity index (χ3v) is 5.29. The van der Waals surface area contributed by atoms with Crippen LogP contribution in [-0.4, -0.2) is 31.1 Å². The standard InChI is InChI=1S/C20H22ClNO5S/c1-4-26-19(24)16-12(3)17(20(25)27-5-2)28-18(16)22-15(23)10-9-13-7-6-8-14(21)11-13/h6-8,11H,4-5,9-10H2,1-3H3,(H,22,23). The van der Waals surface area contributed by atoms with Crippen molar-refractivity contribution in [3.05, 3.63) is 50.9 Å². The summed E-state index contributed by atoms with van der Waals surface area (Å²) < 4.78 is 10.1. The van der Waals surface area contributed by atoms with Crippen LogP contribution in [0.2, 0.25) is 5.02 Å². The van der Waals surface area contributed by atoms with E-state index >= 15 is 0 Å². The summed E-state index contributed by atoms with van der Waals surface area (Å²) in [7, 11) is 0. The molecule has 0 saturated heterocycles. The Kier molecular flexibility index (Phi) is 8.02. The monoisotopic (exact) mass is 423 g/mol. The molecule has 0 bridgehead atoms. The van der Waals surface area contributed by atoms with Gasteiger partial charge < -0.3 is 14.8 Å². The van der Waals surface area contributed by atoms with E-state index in [4.69, 9.17) is 21.1 Å². The summed E-state index contributed by atoms with van der Waals surface area (Å²) in [5, 5.41) is 3.62. The molecule has 1 heterocycles. The highest BCUT2D eigenvalue weighted by Crippen LogP contribution is 2.34. The summed E-state index contributed by atoms with van der Waals surface area (Å²) in [6.45, 7) is 5.43.